The summed E-state index contributed by atoms with van der Waals surface area (Å²) in [5, 5.41) is 4.17. The third-order valence-electron chi connectivity index (χ3n) is 3.32. The lowest BCUT2D eigenvalue weighted by Gasteiger charge is -2.07. The Morgan fingerprint density at radius 2 is 2.05 bits per heavy atom. The fourth-order valence-corrected chi connectivity index (χ4v) is 2.53. The molecule has 2 aromatic carbocycles. The number of benzene rings is 2. The average Bonchev–Trinajstić information content (AvgIpc) is 2.84. The number of fused-ring (bicyclic) bond motifs is 1. The number of halogens is 1. The number of hydrogen-bond acceptors (Lipinski definition) is 2. The van der Waals surface area contributed by atoms with E-state index >= 15 is 0 Å². The summed E-state index contributed by atoms with van der Waals surface area (Å²) in [7, 11) is 0. The first-order valence-electron chi connectivity index (χ1n) is 6.49. The molecule has 0 saturated carbocycles. The molecule has 0 unspecified atom stereocenters. The zero-order chi connectivity index (χ0) is 15.0. The van der Waals surface area contributed by atoms with Gasteiger partial charge in [-0.1, -0.05) is 17.7 Å². The average molecular weight is 300 g/mol. The normalized spacial score (nSPS) is 10.8. The van der Waals surface area contributed by atoms with Gasteiger partial charge >= 0.3 is 0 Å². The van der Waals surface area contributed by atoms with Crippen LogP contribution in [0.5, 0.6) is 0 Å². The maximum atomic E-state index is 12.4. The molecule has 4 N–H and O–H groups in total. The van der Waals surface area contributed by atoms with Gasteiger partial charge < -0.3 is 16.0 Å². The Morgan fingerprint density at radius 3 is 2.81 bits per heavy atom. The second kappa shape index (κ2) is 5.14. The predicted octanol–water partition coefficient (Wildman–Crippen LogP) is 3.96. The summed E-state index contributed by atoms with van der Waals surface area (Å²) in [6.45, 7) is 1.95. The Labute approximate surface area is 126 Å². The largest absolute Gasteiger partial charge is 0.399 e. The first kappa shape index (κ1) is 13.5. The van der Waals surface area contributed by atoms with E-state index in [9.17, 15) is 4.79 Å². The molecule has 3 rings (SSSR count). The molecular formula is C16H14ClN3O. The molecule has 5 heteroatoms. The van der Waals surface area contributed by atoms with Crippen molar-refractivity contribution < 1.29 is 4.79 Å². The number of amides is 1. The molecule has 1 aromatic heterocycles. The van der Waals surface area contributed by atoms with Gasteiger partial charge in [-0.05, 0) is 42.8 Å². The van der Waals surface area contributed by atoms with Crippen molar-refractivity contribution in [2.75, 3.05) is 11.1 Å². The van der Waals surface area contributed by atoms with Crippen LogP contribution in [-0.4, -0.2) is 10.9 Å². The smallest absolute Gasteiger partial charge is 0.257 e. The first-order chi connectivity index (χ1) is 10.0. The molecule has 0 fully saturated rings. The van der Waals surface area contributed by atoms with Gasteiger partial charge in [-0.15, -0.1) is 0 Å². The third-order valence-corrected chi connectivity index (χ3v) is 3.64. The number of anilines is 2. The molecule has 3 aromatic rings. The molecule has 1 amide bonds. The molecule has 4 nitrogen and oxygen atoms in total. The van der Waals surface area contributed by atoms with E-state index in [2.05, 4.69) is 10.3 Å². The molecule has 1 heterocycles. The van der Waals surface area contributed by atoms with Crippen LogP contribution in [0.1, 0.15) is 15.9 Å². The lowest BCUT2D eigenvalue weighted by Crippen LogP contribution is -2.11. The molecule has 21 heavy (non-hydrogen) atoms. The number of carbonyl (C=O) groups is 1. The van der Waals surface area contributed by atoms with Gasteiger partial charge in [-0.25, -0.2) is 0 Å². The summed E-state index contributed by atoms with van der Waals surface area (Å²) >= 11 is 6.13. The van der Waals surface area contributed by atoms with Crippen molar-refractivity contribution in [1.82, 2.24) is 4.98 Å². The standard InChI is InChI=1S/C16H14ClN3O/c1-9-2-5-14(13(17)6-9)20-16(21)12-8-19-15-7-10(18)3-4-11(12)15/h2-8,19H,18H2,1H3,(H,20,21). The van der Waals surface area contributed by atoms with Gasteiger partial charge in [0.25, 0.3) is 5.91 Å². The molecule has 0 aliphatic carbocycles. The number of carbonyl (C=O) groups excluding carboxylic acids is 1. The van der Waals surface area contributed by atoms with E-state index in [0.717, 1.165) is 16.5 Å². The highest BCUT2D eigenvalue weighted by atomic mass is 35.5. The fourth-order valence-electron chi connectivity index (χ4n) is 2.24. The second-order valence-corrected chi connectivity index (χ2v) is 5.35. The van der Waals surface area contributed by atoms with E-state index in [1.54, 1.807) is 24.4 Å². The molecule has 0 saturated heterocycles. The van der Waals surface area contributed by atoms with Crippen LogP contribution in [0.15, 0.2) is 42.6 Å². The minimum atomic E-state index is -0.211. The molecule has 106 valence electrons. The third kappa shape index (κ3) is 2.58. The molecule has 0 spiro atoms. The molecule has 0 aliphatic heterocycles. The topological polar surface area (TPSA) is 70.9 Å². The highest BCUT2D eigenvalue weighted by Crippen LogP contribution is 2.25. The summed E-state index contributed by atoms with van der Waals surface area (Å²) < 4.78 is 0. The van der Waals surface area contributed by atoms with Gasteiger partial charge in [0, 0.05) is 22.8 Å². The quantitative estimate of drug-likeness (QED) is 0.627. The second-order valence-electron chi connectivity index (χ2n) is 4.94. The molecule has 0 aliphatic rings. The maximum Gasteiger partial charge on any atom is 0.257 e. The number of rotatable bonds is 2. The van der Waals surface area contributed by atoms with Crippen LogP contribution in [0.2, 0.25) is 5.02 Å². The van der Waals surface area contributed by atoms with Crippen molar-refractivity contribution in [3.05, 3.63) is 58.7 Å². The predicted molar refractivity (Wildman–Crippen MR) is 86.9 cm³/mol. The number of nitrogens with one attached hydrogen (secondary N) is 2. The monoisotopic (exact) mass is 299 g/mol. The number of hydrogen-bond donors (Lipinski definition) is 3. The van der Waals surface area contributed by atoms with Crippen LogP contribution >= 0.6 is 11.6 Å². The summed E-state index contributed by atoms with van der Waals surface area (Å²) in [5.41, 5.74) is 9.40. The Kier molecular flexibility index (Phi) is 3.31. The SMILES string of the molecule is Cc1ccc(NC(=O)c2c[nH]c3cc(N)ccc23)c(Cl)c1. The Bertz CT molecular complexity index is 839. The van der Waals surface area contributed by atoms with Crippen molar-refractivity contribution in [1.29, 1.82) is 0 Å². The van der Waals surface area contributed by atoms with Gasteiger partial charge in [-0.3, -0.25) is 4.79 Å². The van der Waals surface area contributed by atoms with E-state index in [1.807, 2.05) is 25.1 Å². The van der Waals surface area contributed by atoms with E-state index < -0.39 is 0 Å². The van der Waals surface area contributed by atoms with Crippen molar-refractivity contribution in [3.8, 4) is 0 Å². The van der Waals surface area contributed by atoms with Crippen LogP contribution < -0.4 is 11.1 Å². The summed E-state index contributed by atoms with van der Waals surface area (Å²) in [6, 6.07) is 10.9. The van der Waals surface area contributed by atoms with Gasteiger partial charge in [0.1, 0.15) is 0 Å². The zero-order valence-corrected chi connectivity index (χ0v) is 12.2. The van der Waals surface area contributed by atoms with Crippen LogP contribution in [0.25, 0.3) is 10.9 Å². The van der Waals surface area contributed by atoms with E-state index in [0.29, 0.717) is 22.0 Å². The number of aryl methyl sites for hydroxylation is 1. The van der Waals surface area contributed by atoms with Gasteiger partial charge in [-0.2, -0.15) is 0 Å². The van der Waals surface area contributed by atoms with Crippen LogP contribution in [-0.2, 0) is 0 Å². The van der Waals surface area contributed by atoms with Gasteiger partial charge in [0.05, 0.1) is 16.3 Å². The van der Waals surface area contributed by atoms with Crippen molar-refractivity contribution in [3.63, 3.8) is 0 Å². The number of H-pyrrole nitrogens is 1. The van der Waals surface area contributed by atoms with E-state index in [1.165, 1.54) is 0 Å². The number of aromatic amines is 1. The minimum absolute atomic E-state index is 0.211. The van der Waals surface area contributed by atoms with Crippen molar-refractivity contribution in [2.24, 2.45) is 0 Å². The molecule has 0 atom stereocenters. The summed E-state index contributed by atoms with van der Waals surface area (Å²) in [6.07, 6.45) is 1.67. The maximum absolute atomic E-state index is 12.4. The number of nitrogen functional groups attached to an aromatic ring is 1. The summed E-state index contributed by atoms with van der Waals surface area (Å²) in [4.78, 5) is 15.4. The van der Waals surface area contributed by atoms with Gasteiger partial charge in [0.2, 0.25) is 0 Å². The van der Waals surface area contributed by atoms with Crippen molar-refractivity contribution in [2.45, 2.75) is 6.92 Å². The number of nitrogens with two attached hydrogens (primary N) is 1. The van der Waals surface area contributed by atoms with E-state index in [-0.39, 0.29) is 5.91 Å². The Morgan fingerprint density at radius 1 is 1.24 bits per heavy atom. The highest BCUT2D eigenvalue weighted by Gasteiger charge is 2.13. The fraction of sp³-hybridized carbons (Fsp3) is 0.0625. The van der Waals surface area contributed by atoms with Crippen molar-refractivity contribution >= 4 is 39.8 Å². The molecular weight excluding hydrogens is 286 g/mol. The lowest BCUT2D eigenvalue weighted by atomic mass is 10.1. The first-order valence-corrected chi connectivity index (χ1v) is 6.86. The summed E-state index contributed by atoms with van der Waals surface area (Å²) in [5.74, 6) is -0.211. The van der Waals surface area contributed by atoms with Gasteiger partial charge in [0.15, 0.2) is 0 Å². The van der Waals surface area contributed by atoms with Crippen LogP contribution in [0, 0.1) is 6.92 Å². The Hall–Kier alpha value is -2.46. The molecule has 0 radical (unpaired) electrons. The number of aromatic nitrogens is 1. The zero-order valence-electron chi connectivity index (χ0n) is 11.4. The lowest BCUT2D eigenvalue weighted by molar-refractivity contribution is 0.102. The van der Waals surface area contributed by atoms with E-state index in [4.69, 9.17) is 17.3 Å². The van der Waals surface area contributed by atoms with Crippen LogP contribution in [0.3, 0.4) is 0 Å². The van der Waals surface area contributed by atoms with Crippen LogP contribution in [0.4, 0.5) is 11.4 Å². The highest BCUT2D eigenvalue weighted by molar-refractivity contribution is 6.34. The Balaban J connectivity index is 1.94. The minimum Gasteiger partial charge on any atom is -0.399 e. The molecule has 0 bridgehead atoms.